The lowest BCUT2D eigenvalue weighted by Crippen LogP contribution is -2.45. The molecule has 2 aliphatic heterocycles. The summed E-state index contributed by atoms with van der Waals surface area (Å²) in [7, 11) is 0. The third-order valence-electron chi connectivity index (χ3n) is 9.63. The van der Waals surface area contributed by atoms with E-state index in [2.05, 4.69) is 42.5 Å². The van der Waals surface area contributed by atoms with Crippen LogP contribution in [0.2, 0.25) is 5.02 Å². The number of piperidine rings is 2. The standard InChI is InChI=1S/C40H40ClN7O2/c41-37-8-7-32(24-36(37)29-10-17-42-18-11-29)40(50)45-34-12-19-47(20-13-34)27-28-6-9-38(44-25-28)48-21-14-35(15-22-48)46-39(49)31-4-1-3-30(23-31)33-5-2-16-43-26-33/h1-11,16-18,23-26,34-35H,12-15,19-22,27H2,(H,45,50)(H,46,49). The van der Waals surface area contributed by atoms with Gasteiger partial charge in [0.15, 0.2) is 0 Å². The molecule has 50 heavy (non-hydrogen) atoms. The zero-order valence-corrected chi connectivity index (χ0v) is 28.6. The number of rotatable bonds is 9. The summed E-state index contributed by atoms with van der Waals surface area (Å²) in [5.74, 6) is 0.854. The summed E-state index contributed by atoms with van der Waals surface area (Å²) in [5.41, 5.74) is 6.17. The number of carbonyl (C=O) groups excluding carboxylic acids is 2. The molecule has 2 aliphatic rings. The molecule has 0 spiro atoms. The third-order valence-corrected chi connectivity index (χ3v) is 9.96. The smallest absolute Gasteiger partial charge is 0.251 e. The molecule has 2 saturated heterocycles. The summed E-state index contributed by atoms with van der Waals surface area (Å²) in [6.07, 6.45) is 12.5. The second-order valence-corrected chi connectivity index (χ2v) is 13.4. The Morgan fingerprint density at radius 1 is 0.680 bits per heavy atom. The second kappa shape index (κ2) is 15.6. The van der Waals surface area contributed by atoms with Gasteiger partial charge < -0.3 is 15.5 Å². The van der Waals surface area contributed by atoms with Crippen LogP contribution in [0.25, 0.3) is 22.3 Å². The van der Waals surface area contributed by atoms with Crippen molar-refractivity contribution in [1.82, 2.24) is 30.5 Å². The van der Waals surface area contributed by atoms with Gasteiger partial charge in [-0.1, -0.05) is 35.9 Å². The number of aromatic nitrogens is 3. The number of halogens is 1. The Morgan fingerprint density at radius 3 is 2.06 bits per heavy atom. The van der Waals surface area contributed by atoms with Gasteiger partial charge in [0, 0.05) is 103 Å². The second-order valence-electron chi connectivity index (χ2n) is 13.0. The fourth-order valence-corrected chi connectivity index (χ4v) is 7.00. The van der Waals surface area contributed by atoms with Crippen LogP contribution < -0.4 is 15.5 Å². The van der Waals surface area contributed by atoms with Gasteiger partial charge in [0.25, 0.3) is 11.8 Å². The fraction of sp³-hybridized carbons (Fsp3) is 0.275. The average molecular weight is 686 g/mol. The maximum Gasteiger partial charge on any atom is 0.251 e. The van der Waals surface area contributed by atoms with Crippen LogP contribution in [0.3, 0.4) is 0 Å². The normalized spacial score (nSPS) is 15.8. The monoisotopic (exact) mass is 685 g/mol. The van der Waals surface area contributed by atoms with E-state index in [1.165, 1.54) is 5.56 Å². The molecule has 2 amide bonds. The summed E-state index contributed by atoms with van der Waals surface area (Å²) in [5, 5.41) is 7.07. The van der Waals surface area contributed by atoms with Gasteiger partial charge >= 0.3 is 0 Å². The number of pyridine rings is 3. The van der Waals surface area contributed by atoms with Crippen LogP contribution >= 0.6 is 11.6 Å². The largest absolute Gasteiger partial charge is 0.356 e. The van der Waals surface area contributed by atoms with Gasteiger partial charge in [0.05, 0.1) is 0 Å². The first kappa shape index (κ1) is 33.4. The molecule has 0 atom stereocenters. The molecule has 2 aromatic carbocycles. The summed E-state index contributed by atoms with van der Waals surface area (Å²) < 4.78 is 0. The van der Waals surface area contributed by atoms with Gasteiger partial charge in [0.1, 0.15) is 5.82 Å². The van der Waals surface area contributed by atoms with Crippen molar-refractivity contribution in [2.45, 2.75) is 44.3 Å². The molecule has 0 radical (unpaired) electrons. The zero-order chi connectivity index (χ0) is 34.3. The minimum atomic E-state index is -0.0757. The Hall–Kier alpha value is -5.12. The van der Waals surface area contributed by atoms with E-state index in [0.717, 1.165) is 86.5 Å². The number of nitrogens with zero attached hydrogens (tertiary/aromatic N) is 5. The molecular formula is C40H40ClN7O2. The van der Waals surface area contributed by atoms with Crippen molar-refractivity contribution in [2.24, 2.45) is 0 Å². The number of likely N-dealkylation sites (tertiary alicyclic amines) is 1. The number of amides is 2. The minimum Gasteiger partial charge on any atom is -0.356 e. The molecular weight excluding hydrogens is 646 g/mol. The van der Waals surface area contributed by atoms with E-state index in [0.29, 0.717) is 16.1 Å². The van der Waals surface area contributed by atoms with E-state index in [1.807, 2.05) is 67.0 Å². The molecule has 2 fully saturated rings. The number of carbonyl (C=O) groups is 2. The maximum atomic E-state index is 13.1. The summed E-state index contributed by atoms with van der Waals surface area (Å²) in [6.45, 7) is 4.32. The lowest BCUT2D eigenvalue weighted by atomic mass is 10.0. The van der Waals surface area contributed by atoms with Crippen LogP contribution in [0.1, 0.15) is 52.0 Å². The van der Waals surface area contributed by atoms with Crippen LogP contribution in [-0.2, 0) is 6.54 Å². The Balaban J connectivity index is 0.847. The number of hydrogen-bond donors (Lipinski definition) is 2. The van der Waals surface area contributed by atoms with E-state index in [-0.39, 0.29) is 23.9 Å². The molecule has 10 heteroatoms. The van der Waals surface area contributed by atoms with Crippen LogP contribution in [0, 0.1) is 0 Å². The van der Waals surface area contributed by atoms with E-state index in [9.17, 15) is 9.59 Å². The highest BCUT2D eigenvalue weighted by Gasteiger charge is 2.24. The summed E-state index contributed by atoms with van der Waals surface area (Å²) in [4.78, 5) is 43.9. The van der Waals surface area contributed by atoms with Gasteiger partial charge in [-0.05, 0) is 97.0 Å². The fourth-order valence-electron chi connectivity index (χ4n) is 6.77. The van der Waals surface area contributed by atoms with Crippen molar-refractivity contribution in [3.8, 4) is 22.3 Å². The quantitative estimate of drug-likeness (QED) is 0.179. The highest BCUT2D eigenvalue weighted by atomic mass is 35.5. The van der Waals surface area contributed by atoms with Crippen molar-refractivity contribution in [3.05, 3.63) is 132 Å². The molecule has 5 aromatic rings. The van der Waals surface area contributed by atoms with E-state index in [4.69, 9.17) is 16.6 Å². The molecule has 0 saturated carbocycles. The molecule has 9 nitrogen and oxygen atoms in total. The molecule has 254 valence electrons. The van der Waals surface area contributed by atoms with Crippen LogP contribution in [0.4, 0.5) is 5.82 Å². The molecule has 7 rings (SSSR count). The molecule has 3 aromatic heterocycles. The number of hydrogen-bond acceptors (Lipinski definition) is 7. The van der Waals surface area contributed by atoms with Crippen molar-refractivity contribution in [2.75, 3.05) is 31.1 Å². The van der Waals surface area contributed by atoms with Crippen LogP contribution in [0.15, 0.2) is 110 Å². The van der Waals surface area contributed by atoms with E-state index < -0.39 is 0 Å². The molecule has 5 heterocycles. The molecule has 0 aliphatic carbocycles. The Morgan fingerprint density at radius 2 is 1.38 bits per heavy atom. The van der Waals surface area contributed by atoms with E-state index >= 15 is 0 Å². The predicted molar refractivity (Wildman–Crippen MR) is 197 cm³/mol. The third kappa shape index (κ3) is 8.18. The number of nitrogens with one attached hydrogen (secondary N) is 2. The first-order valence-electron chi connectivity index (χ1n) is 17.2. The highest BCUT2D eigenvalue weighted by Crippen LogP contribution is 2.29. The summed E-state index contributed by atoms with van der Waals surface area (Å²) in [6, 6.07) is 25.3. The van der Waals surface area contributed by atoms with Gasteiger partial charge in [-0.15, -0.1) is 0 Å². The lowest BCUT2D eigenvalue weighted by Gasteiger charge is -2.34. The van der Waals surface area contributed by atoms with Crippen molar-refractivity contribution < 1.29 is 9.59 Å². The van der Waals surface area contributed by atoms with Crippen LogP contribution in [-0.4, -0.2) is 69.9 Å². The SMILES string of the molecule is O=C(NC1CCN(Cc2ccc(N3CCC(NC(=O)c4cccc(-c5cccnc5)c4)CC3)nc2)CC1)c1ccc(Cl)c(-c2ccncc2)c1. The first-order valence-corrected chi connectivity index (χ1v) is 17.6. The predicted octanol–water partition coefficient (Wildman–Crippen LogP) is 6.65. The maximum absolute atomic E-state index is 13.1. The molecule has 2 N–H and O–H groups in total. The van der Waals surface area contributed by atoms with Gasteiger partial charge in [0.2, 0.25) is 0 Å². The van der Waals surface area contributed by atoms with Crippen LogP contribution in [0.5, 0.6) is 0 Å². The number of anilines is 1. The van der Waals surface area contributed by atoms with Crippen molar-refractivity contribution in [1.29, 1.82) is 0 Å². The minimum absolute atomic E-state index is 0.0415. The van der Waals surface area contributed by atoms with Gasteiger partial charge in [-0.3, -0.25) is 24.5 Å². The summed E-state index contributed by atoms with van der Waals surface area (Å²) >= 11 is 6.44. The van der Waals surface area contributed by atoms with Gasteiger partial charge in [-0.2, -0.15) is 0 Å². The molecule has 0 bridgehead atoms. The van der Waals surface area contributed by atoms with Gasteiger partial charge in [-0.25, -0.2) is 4.98 Å². The van der Waals surface area contributed by atoms with E-state index in [1.54, 1.807) is 30.7 Å². The Bertz CT molecular complexity index is 1910. The first-order chi connectivity index (χ1) is 24.5. The topological polar surface area (TPSA) is 103 Å². The van der Waals surface area contributed by atoms with Crippen molar-refractivity contribution >= 4 is 29.2 Å². The van der Waals surface area contributed by atoms with Crippen molar-refractivity contribution in [3.63, 3.8) is 0 Å². The molecule has 0 unspecified atom stereocenters. The zero-order valence-electron chi connectivity index (χ0n) is 27.8. The Labute approximate surface area is 297 Å². The Kier molecular flexibility index (Phi) is 10.4. The highest BCUT2D eigenvalue weighted by molar-refractivity contribution is 6.33. The lowest BCUT2D eigenvalue weighted by molar-refractivity contribution is 0.0906. The average Bonchev–Trinajstić information content (AvgIpc) is 3.17. The number of benzene rings is 2.